The summed E-state index contributed by atoms with van der Waals surface area (Å²) >= 11 is 0. The largest absolute Gasteiger partial charge is 0.478 e. The Labute approximate surface area is 128 Å². The van der Waals surface area contributed by atoms with Crippen molar-refractivity contribution in [3.8, 4) is 0 Å². The zero-order valence-electron chi connectivity index (χ0n) is 13.8. The lowest BCUT2D eigenvalue weighted by Gasteiger charge is -2.21. The van der Waals surface area contributed by atoms with E-state index in [-0.39, 0.29) is 0 Å². The number of nitrogens with zero attached hydrogens (tertiary/aromatic N) is 1. The molecule has 0 aliphatic rings. The van der Waals surface area contributed by atoms with Crippen molar-refractivity contribution in [2.24, 2.45) is 0 Å². The Hall–Kier alpha value is -1.07. The summed E-state index contributed by atoms with van der Waals surface area (Å²) < 4.78 is 11.1. The zero-order valence-corrected chi connectivity index (χ0v) is 13.8. The SMILES string of the molecule is CCCCOCN(C=C(CCC)C(=O)O)COCCCC. The van der Waals surface area contributed by atoms with E-state index in [1.54, 1.807) is 11.1 Å². The van der Waals surface area contributed by atoms with Gasteiger partial charge >= 0.3 is 5.97 Å². The molecular formula is C16H31NO4. The number of aliphatic carboxylic acids is 1. The molecule has 0 amide bonds. The highest BCUT2D eigenvalue weighted by molar-refractivity contribution is 5.86. The lowest BCUT2D eigenvalue weighted by molar-refractivity contribution is -0.133. The number of carbonyl (C=O) groups is 1. The van der Waals surface area contributed by atoms with Gasteiger partial charge in [0.05, 0.1) is 5.57 Å². The fourth-order valence-corrected chi connectivity index (χ4v) is 1.68. The Morgan fingerprint density at radius 2 is 1.52 bits per heavy atom. The van der Waals surface area contributed by atoms with E-state index in [9.17, 15) is 9.90 Å². The molecule has 0 spiro atoms. The van der Waals surface area contributed by atoms with Crippen LogP contribution in [0, 0.1) is 0 Å². The Balaban J connectivity index is 4.44. The number of unbranched alkanes of at least 4 members (excludes halogenated alkanes) is 2. The number of hydrogen-bond donors (Lipinski definition) is 1. The minimum Gasteiger partial charge on any atom is -0.478 e. The van der Waals surface area contributed by atoms with Crippen LogP contribution in [0.15, 0.2) is 11.8 Å². The van der Waals surface area contributed by atoms with Crippen LogP contribution >= 0.6 is 0 Å². The first kappa shape index (κ1) is 19.9. The second-order valence-corrected chi connectivity index (χ2v) is 5.08. The molecule has 0 saturated carbocycles. The molecule has 0 aliphatic carbocycles. The van der Waals surface area contributed by atoms with E-state index in [0.717, 1.165) is 32.1 Å². The number of carboxylic acids is 1. The maximum absolute atomic E-state index is 11.2. The first-order valence-corrected chi connectivity index (χ1v) is 7.99. The predicted octanol–water partition coefficient (Wildman–Crippen LogP) is 3.61. The van der Waals surface area contributed by atoms with Crippen LogP contribution in [0.4, 0.5) is 0 Å². The predicted molar refractivity (Wildman–Crippen MR) is 83.9 cm³/mol. The van der Waals surface area contributed by atoms with Gasteiger partial charge in [-0.15, -0.1) is 0 Å². The minimum atomic E-state index is -0.871. The molecule has 0 aromatic rings. The Morgan fingerprint density at radius 1 is 1.00 bits per heavy atom. The Bertz CT molecular complexity index is 280. The van der Waals surface area contributed by atoms with Gasteiger partial charge in [0.15, 0.2) is 0 Å². The molecule has 0 rings (SSSR count). The average Bonchev–Trinajstić information content (AvgIpc) is 2.46. The van der Waals surface area contributed by atoms with Crippen LogP contribution in [0.3, 0.4) is 0 Å². The standard InChI is InChI=1S/C16H31NO4/c1-4-7-10-20-13-17(14-21-11-8-5-2)12-15(9-6-3)16(18)19/h12H,4-11,13-14H2,1-3H3,(H,18,19). The van der Waals surface area contributed by atoms with Gasteiger partial charge in [0.1, 0.15) is 13.5 Å². The number of carboxylic acid groups (broad SMARTS) is 1. The second kappa shape index (κ2) is 13.9. The minimum absolute atomic E-state index is 0.368. The third kappa shape index (κ3) is 11.3. The molecule has 0 aromatic carbocycles. The van der Waals surface area contributed by atoms with Gasteiger partial charge in [-0.2, -0.15) is 0 Å². The van der Waals surface area contributed by atoms with Gasteiger partial charge < -0.3 is 19.5 Å². The third-order valence-corrected chi connectivity index (χ3v) is 2.93. The van der Waals surface area contributed by atoms with Gasteiger partial charge in [0.25, 0.3) is 0 Å². The molecule has 21 heavy (non-hydrogen) atoms. The van der Waals surface area contributed by atoms with Gasteiger partial charge in [-0.05, 0) is 19.3 Å². The van der Waals surface area contributed by atoms with Crippen molar-refractivity contribution in [3.05, 3.63) is 11.8 Å². The van der Waals surface area contributed by atoms with Gasteiger partial charge in [-0.3, -0.25) is 0 Å². The lowest BCUT2D eigenvalue weighted by atomic mass is 10.1. The maximum Gasteiger partial charge on any atom is 0.333 e. The smallest absolute Gasteiger partial charge is 0.333 e. The molecule has 0 aliphatic heterocycles. The molecule has 0 saturated heterocycles. The molecule has 0 unspecified atom stereocenters. The van der Waals surface area contributed by atoms with Crippen molar-refractivity contribution in [3.63, 3.8) is 0 Å². The Kier molecular flexibility index (Phi) is 13.2. The number of hydrogen-bond acceptors (Lipinski definition) is 4. The van der Waals surface area contributed by atoms with Crippen LogP contribution in [-0.4, -0.2) is 42.7 Å². The summed E-state index contributed by atoms with van der Waals surface area (Å²) in [4.78, 5) is 13.0. The monoisotopic (exact) mass is 301 g/mol. The van der Waals surface area contributed by atoms with Crippen molar-refractivity contribution in [1.29, 1.82) is 0 Å². The fourth-order valence-electron chi connectivity index (χ4n) is 1.68. The van der Waals surface area contributed by atoms with Gasteiger partial charge in [-0.25, -0.2) is 4.79 Å². The number of rotatable bonds is 14. The summed E-state index contributed by atoms with van der Waals surface area (Å²) in [6.45, 7) is 8.30. The van der Waals surface area contributed by atoms with Crippen molar-refractivity contribution in [2.75, 3.05) is 26.7 Å². The summed E-state index contributed by atoms with van der Waals surface area (Å²) in [6.07, 6.45) is 7.20. The molecule has 0 heterocycles. The van der Waals surface area contributed by atoms with E-state index in [4.69, 9.17) is 9.47 Å². The highest BCUT2D eigenvalue weighted by Gasteiger charge is 2.09. The maximum atomic E-state index is 11.2. The Morgan fingerprint density at radius 3 is 1.90 bits per heavy atom. The highest BCUT2D eigenvalue weighted by Crippen LogP contribution is 2.08. The van der Waals surface area contributed by atoms with Crippen molar-refractivity contribution < 1.29 is 19.4 Å². The molecular weight excluding hydrogens is 270 g/mol. The van der Waals surface area contributed by atoms with Crippen LogP contribution in [0.2, 0.25) is 0 Å². The van der Waals surface area contributed by atoms with E-state index in [1.807, 2.05) is 6.92 Å². The summed E-state index contributed by atoms with van der Waals surface area (Å²) in [6, 6.07) is 0. The van der Waals surface area contributed by atoms with Crippen molar-refractivity contribution >= 4 is 5.97 Å². The summed E-state index contributed by atoms with van der Waals surface area (Å²) in [5, 5.41) is 9.20. The first-order valence-electron chi connectivity index (χ1n) is 7.99. The number of ether oxygens (including phenoxy) is 2. The third-order valence-electron chi connectivity index (χ3n) is 2.93. The summed E-state index contributed by atoms with van der Waals surface area (Å²) in [5.74, 6) is -0.871. The van der Waals surface area contributed by atoms with E-state index in [1.165, 1.54) is 0 Å². The van der Waals surface area contributed by atoms with E-state index >= 15 is 0 Å². The molecule has 0 atom stereocenters. The van der Waals surface area contributed by atoms with Crippen LogP contribution in [0.1, 0.15) is 59.3 Å². The van der Waals surface area contributed by atoms with Crippen LogP contribution < -0.4 is 0 Å². The molecule has 124 valence electrons. The quantitative estimate of drug-likeness (QED) is 0.302. The molecule has 0 aromatic heterocycles. The van der Waals surface area contributed by atoms with Crippen molar-refractivity contribution in [1.82, 2.24) is 4.90 Å². The second-order valence-electron chi connectivity index (χ2n) is 5.08. The zero-order chi connectivity index (χ0) is 15.9. The van der Waals surface area contributed by atoms with Gasteiger partial charge in [0.2, 0.25) is 0 Å². The summed E-state index contributed by atoms with van der Waals surface area (Å²) in [5.41, 5.74) is 0.399. The van der Waals surface area contributed by atoms with Gasteiger partial charge in [0, 0.05) is 19.4 Å². The first-order chi connectivity index (χ1) is 10.2. The van der Waals surface area contributed by atoms with E-state index in [0.29, 0.717) is 38.7 Å². The van der Waals surface area contributed by atoms with E-state index in [2.05, 4.69) is 13.8 Å². The highest BCUT2D eigenvalue weighted by atomic mass is 16.5. The summed E-state index contributed by atoms with van der Waals surface area (Å²) in [7, 11) is 0. The molecule has 5 heteroatoms. The van der Waals surface area contributed by atoms with Crippen molar-refractivity contribution in [2.45, 2.75) is 59.3 Å². The fraction of sp³-hybridized carbons (Fsp3) is 0.812. The van der Waals surface area contributed by atoms with Gasteiger partial charge in [-0.1, -0.05) is 40.0 Å². The molecule has 0 bridgehead atoms. The average molecular weight is 301 g/mol. The van der Waals surface area contributed by atoms with Crippen LogP contribution in [-0.2, 0) is 14.3 Å². The van der Waals surface area contributed by atoms with Crippen LogP contribution in [0.5, 0.6) is 0 Å². The molecule has 0 fully saturated rings. The topological polar surface area (TPSA) is 59.0 Å². The normalized spacial score (nSPS) is 11.7. The van der Waals surface area contributed by atoms with Crippen LogP contribution in [0.25, 0.3) is 0 Å². The van der Waals surface area contributed by atoms with E-state index < -0.39 is 5.97 Å². The molecule has 5 nitrogen and oxygen atoms in total. The molecule has 1 N–H and O–H groups in total. The molecule has 0 radical (unpaired) electrons. The lowest BCUT2D eigenvalue weighted by Crippen LogP contribution is -2.26.